The highest BCUT2D eigenvalue weighted by atomic mass is 32.2. The molecular formula is C19H14FNO5S. The summed E-state index contributed by atoms with van der Waals surface area (Å²) in [6.45, 7) is 0. The van der Waals surface area contributed by atoms with Crippen LogP contribution in [0.4, 0.5) is 10.1 Å². The number of sulfonamides is 1. The molecule has 2 N–H and O–H groups in total. The maximum Gasteiger partial charge on any atom is 0.335 e. The summed E-state index contributed by atoms with van der Waals surface area (Å²) in [6.07, 6.45) is 0. The number of anilines is 1. The smallest absolute Gasteiger partial charge is 0.335 e. The number of aromatic carboxylic acids is 1. The number of carbonyl (C=O) groups is 1. The fraction of sp³-hybridized carbons (Fsp3) is 0. The van der Waals surface area contributed by atoms with Crippen LogP contribution >= 0.6 is 0 Å². The van der Waals surface area contributed by atoms with Crippen LogP contribution in [-0.4, -0.2) is 19.5 Å². The largest absolute Gasteiger partial charge is 0.478 e. The number of hydrogen-bond donors (Lipinski definition) is 2. The van der Waals surface area contributed by atoms with Crippen LogP contribution in [0.3, 0.4) is 0 Å². The summed E-state index contributed by atoms with van der Waals surface area (Å²) in [5.74, 6) is -1.72. The Labute approximate surface area is 154 Å². The Morgan fingerprint density at radius 1 is 0.963 bits per heavy atom. The lowest BCUT2D eigenvalue weighted by molar-refractivity contribution is 0.0696. The second kappa shape index (κ2) is 7.46. The fourth-order valence-electron chi connectivity index (χ4n) is 2.30. The lowest BCUT2D eigenvalue weighted by atomic mass is 10.2. The first-order valence-corrected chi connectivity index (χ1v) is 9.23. The molecule has 0 amide bonds. The number of hydrogen-bond acceptors (Lipinski definition) is 4. The van der Waals surface area contributed by atoms with Crippen molar-refractivity contribution in [3.05, 3.63) is 84.2 Å². The summed E-state index contributed by atoms with van der Waals surface area (Å²) in [5, 5.41) is 9.01. The van der Waals surface area contributed by atoms with E-state index in [4.69, 9.17) is 9.84 Å². The Kier molecular flexibility index (Phi) is 5.09. The zero-order valence-corrected chi connectivity index (χ0v) is 14.6. The predicted octanol–water partition coefficient (Wildman–Crippen LogP) is 4.12. The van der Waals surface area contributed by atoms with Gasteiger partial charge in [0.1, 0.15) is 16.5 Å². The Bertz CT molecular complexity index is 1080. The molecule has 3 aromatic rings. The van der Waals surface area contributed by atoms with Gasteiger partial charge in [-0.3, -0.25) is 4.72 Å². The molecule has 0 aliphatic carbocycles. The first-order valence-electron chi connectivity index (χ1n) is 7.74. The molecule has 0 aliphatic rings. The second-order valence-electron chi connectivity index (χ2n) is 5.47. The SMILES string of the molecule is O=C(O)c1ccc(F)c(S(=O)(=O)Nc2ccccc2Oc2ccccc2)c1. The molecule has 0 aliphatic heterocycles. The summed E-state index contributed by atoms with van der Waals surface area (Å²) in [4.78, 5) is 10.3. The van der Waals surface area contributed by atoms with E-state index in [0.29, 0.717) is 5.75 Å². The molecule has 138 valence electrons. The molecule has 0 atom stereocenters. The van der Waals surface area contributed by atoms with Crippen molar-refractivity contribution in [2.24, 2.45) is 0 Å². The Hall–Kier alpha value is -3.39. The average Bonchev–Trinajstić information content (AvgIpc) is 2.64. The van der Waals surface area contributed by atoms with Gasteiger partial charge in [0, 0.05) is 0 Å². The first-order chi connectivity index (χ1) is 12.9. The van der Waals surface area contributed by atoms with Crippen molar-refractivity contribution in [2.75, 3.05) is 4.72 Å². The monoisotopic (exact) mass is 387 g/mol. The van der Waals surface area contributed by atoms with Gasteiger partial charge < -0.3 is 9.84 Å². The summed E-state index contributed by atoms with van der Waals surface area (Å²) in [5.41, 5.74) is -0.257. The minimum atomic E-state index is -4.38. The molecule has 6 nitrogen and oxygen atoms in total. The van der Waals surface area contributed by atoms with E-state index in [0.717, 1.165) is 18.2 Å². The van der Waals surface area contributed by atoms with Crippen LogP contribution in [0.15, 0.2) is 77.7 Å². The number of carboxylic acids is 1. The highest BCUT2D eigenvalue weighted by Gasteiger charge is 2.22. The number of ether oxygens (including phenoxy) is 1. The molecule has 0 unspecified atom stereocenters. The molecule has 0 saturated heterocycles. The van der Waals surface area contributed by atoms with Crippen molar-refractivity contribution in [2.45, 2.75) is 4.90 Å². The van der Waals surface area contributed by atoms with Crippen LogP contribution in [0, 0.1) is 5.82 Å². The van der Waals surface area contributed by atoms with Gasteiger partial charge in [0.2, 0.25) is 0 Å². The van der Waals surface area contributed by atoms with Crippen molar-refractivity contribution in [1.29, 1.82) is 0 Å². The normalized spacial score (nSPS) is 11.0. The summed E-state index contributed by atoms with van der Waals surface area (Å²) >= 11 is 0. The van der Waals surface area contributed by atoms with Gasteiger partial charge in [0.25, 0.3) is 10.0 Å². The Morgan fingerprint density at radius 3 is 2.33 bits per heavy atom. The lowest BCUT2D eigenvalue weighted by Gasteiger charge is -2.14. The van der Waals surface area contributed by atoms with Crippen molar-refractivity contribution in [1.82, 2.24) is 0 Å². The Balaban J connectivity index is 1.96. The summed E-state index contributed by atoms with van der Waals surface area (Å²) < 4.78 is 47.2. The van der Waals surface area contributed by atoms with E-state index in [-0.39, 0.29) is 17.0 Å². The molecule has 0 radical (unpaired) electrons. The number of halogens is 1. The van der Waals surface area contributed by atoms with Crippen LogP contribution in [0.1, 0.15) is 10.4 Å². The van der Waals surface area contributed by atoms with Crippen LogP contribution < -0.4 is 9.46 Å². The maximum absolute atomic E-state index is 14.0. The molecule has 0 spiro atoms. The van der Waals surface area contributed by atoms with Gasteiger partial charge in [-0.25, -0.2) is 17.6 Å². The van der Waals surface area contributed by atoms with Crippen molar-refractivity contribution in [3.8, 4) is 11.5 Å². The average molecular weight is 387 g/mol. The molecule has 0 fully saturated rings. The van der Waals surface area contributed by atoms with E-state index >= 15 is 0 Å². The molecular weight excluding hydrogens is 373 g/mol. The van der Waals surface area contributed by atoms with Gasteiger partial charge >= 0.3 is 5.97 Å². The van der Waals surface area contributed by atoms with Crippen molar-refractivity contribution < 1.29 is 27.4 Å². The molecule has 0 saturated carbocycles. The quantitative estimate of drug-likeness (QED) is 0.664. The van der Waals surface area contributed by atoms with E-state index in [9.17, 15) is 17.6 Å². The summed E-state index contributed by atoms with van der Waals surface area (Å²) in [6, 6.07) is 17.5. The van der Waals surface area contributed by atoms with Gasteiger partial charge in [-0.05, 0) is 42.5 Å². The Morgan fingerprint density at radius 2 is 1.63 bits per heavy atom. The molecule has 0 heterocycles. The molecule has 8 heteroatoms. The number of para-hydroxylation sites is 3. The van der Waals surface area contributed by atoms with Gasteiger partial charge in [-0.15, -0.1) is 0 Å². The molecule has 0 aromatic heterocycles. The van der Waals surface area contributed by atoms with Crippen molar-refractivity contribution >= 4 is 21.7 Å². The highest BCUT2D eigenvalue weighted by molar-refractivity contribution is 7.92. The number of carboxylic acid groups (broad SMARTS) is 1. The standard InChI is InChI=1S/C19H14FNO5S/c20-15-11-10-13(19(22)23)12-18(15)27(24,25)21-16-8-4-5-9-17(16)26-14-6-2-1-3-7-14/h1-12,21H,(H,22,23). The van der Waals surface area contributed by atoms with E-state index in [1.807, 2.05) is 0 Å². The van der Waals surface area contributed by atoms with E-state index in [1.54, 1.807) is 48.5 Å². The predicted molar refractivity (Wildman–Crippen MR) is 97.1 cm³/mol. The first kappa shape index (κ1) is 18.4. The van der Waals surface area contributed by atoms with Crippen LogP contribution in [0.5, 0.6) is 11.5 Å². The molecule has 0 bridgehead atoms. The third-order valence-corrected chi connectivity index (χ3v) is 4.95. The number of benzene rings is 3. The fourth-order valence-corrected chi connectivity index (χ4v) is 3.47. The summed E-state index contributed by atoms with van der Waals surface area (Å²) in [7, 11) is -4.38. The second-order valence-corrected chi connectivity index (χ2v) is 7.12. The minimum Gasteiger partial charge on any atom is -0.478 e. The lowest BCUT2D eigenvalue weighted by Crippen LogP contribution is -2.16. The van der Waals surface area contributed by atoms with E-state index in [1.165, 1.54) is 6.07 Å². The van der Waals surface area contributed by atoms with Crippen LogP contribution in [0.25, 0.3) is 0 Å². The highest BCUT2D eigenvalue weighted by Crippen LogP contribution is 2.31. The third kappa shape index (κ3) is 4.24. The van der Waals surface area contributed by atoms with Gasteiger partial charge in [-0.2, -0.15) is 0 Å². The van der Waals surface area contributed by atoms with Crippen LogP contribution in [-0.2, 0) is 10.0 Å². The van der Waals surface area contributed by atoms with Gasteiger partial charge in [0.15, 0.2) is 5.75 Å². The topological polar surface area (TPSA) is 92.7 Å². The zero-order chi connectivity index (χ0) is 19.4. The van der Waals surface area contributed by atoms with Crippen LogP contribution in [0.2, 0.25) is 0 Å². The van der Waals surface area contributed by atoms with Gasteiger partial charge in [-0.1, -0.05) is 30.3 Å². The minimum absolute atomic E-state index is 0.0847. The number of nitrogens with one attached hydrogen (secondary N) is 1. The van der Waals surface area contributed by atoms with E-state index in [2.05, 4.69) is 4.72 Å². The van der Waals surface area contributed by atoms with Crippen molar-refractivity contribution in [3.63, 3.8) is 0 Å². The third-order valence-electron chi connectivity index (χ3n) is 3.57. The molecule has 27 heavy (non-hydrogen) atoms. The maximum atomic E-state index is 14.0. The zero-order valence-electron chi connectivity index (χ0n) is 13.8. The number of rotatable bonds is 6. The molecule has 3 aromatic carbocycles. The van der Waals surface area contributed by atoms with E-state index < -0.39 is 26.7 Å². The van der Waals surface area contributed by atoms with Gasteiger partial charge in [0.05, 0.1) is 11.3 Å². The molecule has 3 rings (SSSR count).